The minimum absolute atomic E-state index is 0.603. The highest BCUT2D eigenvalue weighted by Gasteiger charge is 2.35. The summed E-state index contributed by atoms with van der Waals surface area (Å²) in [6.07, 6.45) is 10.1. The molecule has 2 aliphatic rings. The van der Waals surface area contributed by atoms with Crippen molar-refractivity contribution in [2.45, 2.75) is 58.8 Å². The Bertz CT molecular complexity index is 233. The Morgan fingerprint density at radius 1 is 1.17 bits per heavy atom. The maximum atomic E-state index is 3.62. The highest BCUT2D eigenvalue weighted by molar-refractivity contribution is 4.90. The van der Waals surface area contributed by atoms with E-state index in [9.17, 15) is 0 Å². The number of hydrogen-bond donors (Lipinski definition) is 1. The summed E-state index contributed by atoms with van der Waals surface area (Å²) in [5.74, 6) is 0.969. The van der Waals surface area contributed by atoms with Crippen molar-refractivity contribution in [1.29, 1.82) is 0 Å². The molecule has 1 heterocycles. The lowest BCUT2D eigenvalue weighted by Crippen LogP contribution is -2.46. The van der Waals surface area contributed by atoms with Gasteiger partial charge in [0, 0.05) is 19.6 Å². The highest BCUT2D eigenvalue weighted by atomic mass is 15.1. The molecule has 0 aromatic carbocycles. The van der Waals surface area contributed by atoms with E-state index in [1.54, 1.807) is 0 Å². The molecule has 0 bridgehead atoms. The molecular formula is C16H32N2. The number of likely N-dealkylation sites (tertiary alicyclic amines) is 1. The maximum Gasteiger partial charge on any atom is 0.00503 e. The van der Waals surface area contributed by atoms with Gasteiger partial charge in [0.1, 0.15) is 0 Å². The first-order valence-electron chi connectivity index (χ1n) is 8.21. The number of nitrogens with zero attached hydrogens (tertiary/aromatic N) is 1. The molecule has 1 saturated carbocycles. The largest absolute Gasteiger partial charge is 0.316 e. The van der Waals surface area contributed by atoms with Gasteiger partial charge in [-0.25, -0.2) is 0 Å². The fourth-order valence-corrected chi connectivity index (χ4v) is 4.01. The first-order chi connectivity index (χ1) is 8.78. The third-order valence-corrected chi connectivity index (χ3v) is 5.15. The predicted octanol–water partition coefficient (Wildman–Crippen LogP) is 3.28. The van der Waals surface area contributed by atoms with Gasteiger partial charge < -0.3 is 10.2 Å². The standard InChI is InChI=1S/C16H32N2/c1-3-15-8-7-11-18(12-15)14-16(13-17-4-2)9-5-6-10-16/h15,17H,3-14H2,1-2H3. The third-order valence-electron chi connectivity index (χ3n) is 5.15. The number of piperidine rings is 1. The smallest absolute Gasteiger partial charge is 0.00503 e. The molecule has 1 unspecified atom stereocenters. The molecule has 0 spiro atoms. The molecule has 0 aromatic rings. The summed E-state index contributed by atoms with van der Waals surface area (Å²) >= 11 is 0. The zero-order chi connectivity index (χ0) is 12.8. The molecule has 0 amide bonds. The van der Waals surface area contributed by atoms with Crippen LogP contribution in [0.15, 0.2) is 0 Å². The zero-order valence-electron chi connectivity index (χ0n) is 12.5. The number of nitrogens with one attached hydrogen (secondary N) is 1. The molecule has 0 radical (unpaired) electrons. The van der Waals surface area contributed by atoms with Gasteiger partial charge in [-0.3, -0.25) is 0 Å². The summed E-state index contributed by atoms with van der Waals surface area (Å²) in [5, 5.41) is 3.62. The molecule has 1 aliphatic carbocycles. The van der Waals surface area contributed by atoms with E-state index in [0.717, 1.165) is 12.5 Å². The monoisotopic (exact) mass is 252 g/mol. The Hall–Kier alpha value is -0.0800. The van der Waals surface area contributed by atoms with Crippen LogP contribution in [0.3, 0.4) is 0 Å². The normalized spacial score (nSPS) is 28.7. The van der Waals surface area contributed by atoms with Crippen molar-refractivity contribution in [3.63, 3.8) is 0 Å². The van der Waals surface area contributed by atoms with Gasteiger partial charge in [0.05, 0.1) is 0 Å². The van der Waals surface area contributed by atoms with Crippen molar-refractivity contribution < 1.29 is 0 Å². The van der Waals surface area contributed by atoms with E-state index in [4.69, 9.17) is 0 Å². The molecule has 1 saturated heterocycles. The van der Waals surface area contributed by atoms with Gasteiger partial charge in [-0.2, -0.15) is 0 Å². The van der Waals surface area contributed by atoms with Crippen LogP contribution in [-0.4, -0.2) is 37.6 Å². The van der Waals surface area contributed by atoms with Crippen molar-refractivity contribution in [1.82, 2.24) is 10.2 Å². The van der Waals surface area contributed by atoms with E-state index in [1.807, 2.05) is 0 Å². The van der Waals surface area contributed by atoms with Gasteiger partial charge in [-0.05, 0) is 50.1 Å². The van der Waals surface area contributed by atoms with Gasteiger partial charge in [0.15, 0.2) is 0 Å². The van der Waals surface area contributed by atoms with Crippen LogP contribution in [0, 0.1) is 11.3 Å². The topological polar surface area (TPSA) is 15.3 Å². The van der Waals surface area contributed by atoms with Crippen molar-refractivity contribution in [2.75, 3.05) is 32.7 Å². The molecule has 2 fully saturated rings. The summed E-state index contributed by atoms with van der Waals surface area (Å²) in [4.78, 5) is 2.78. The molecular weight excluding hydrogens is 220 g/mol. The first-order valence-corrected chi connectivity index (χ1v) is 8.21. The molecule has 1 N–H and O–H groups in total. The van der Waals surface area contributed by atoms with Crippen LogP contribution in [0.2, 0.25) is 0 Å². The van der Waals surface area contributed by atoms with Gasteiger partial charge in [0.2, 0.25) is 0 Å². The van der Waals surface area contributed by atoms with Crippen molar-refractivity contribution in [3.05, 3.63) is 0 Å². The van der Waals surface area contributed by atoms with Gasteiger partial charge >= 0.3 is 0 Å². The highest BCUT2D eigenvalue weighted by Crippen LogP contribution is 2.39. The second-order valence-electron chi connectivity index (χ2n) is 6.64. The quantitative estimate of drug-likeness (QED) is 0.780. The van der Waals surface area contributed by atoms with Gasteiger partial charge in [-0.15, -0.1) is 0 Å². The molecule has 1 atom stereocenters. The Morgan fingerprint density at radius 3 is 2.61 bits per heavy atom. The van der Waals surface area contributed by atoms with Crippen LogP contribution in [0.1, 0.15) is 58.8 Å². The van der Waals surface area contributed by atoms with Crippen LogP contribution in [0.4, 0.5) is 0 Å². The minimum atomic E-state index is 0.603. The molecule has 1 aliphatic heterocycles. The average molecular weight is 252 g/mol. The lowest BCUT2D eigenvalue weighted by molar-refractivity contribution is 0.102. The minimum Gasteiger partial charge on any atom is -0.316 e. The second-order valence-corrected chi connectivity index (χ2v) is 6.64. The van der Waals surface area contributed by atoms with Crippen LogP contribution in [0.5, 0.6) is 0 Å². The number of rotatable bonds is 6. The fraction of sp³-hybridized carbons (Fsp3) is 1.00. The lowest BCUT2D eigenvalue weighted by Gasteiger charge is -2.39. The average Bonchev–Trinajstić information content (AvgIpc) is 2.85. The molecule has 0 aromatic heterocycles. The van der Waals surface area contributed by atoms with Crippen LogP contribution in [-0.2, 0) is 0 Å². The number of hydrogen-bond acceptors (Lipinski definition) is 2. The van der Waals surface area contributed by atoms with E-state index < -0.39 is 0 Å². The molecule has 2 heteroatoms. The maximum absolute atomic E-state index is 3.62. The summed E-state index contributed by atoms with van der Waals surface area (Å²) in [5.41, 5.74) is 0.603. The Kier molecular flexibility index (Phi) is 5.50. The Labute approximate surface area is 114 Å². The van der Waals surface area contributed by atoms with E-state index in [0.29, 0.717) is 5.41 Å². The molecule has 2 rings (SSSR count). The van der Waals surface area contributed by atoms with Gasteiger partial charge in [-0.1, -0.05) is 33.1 Å². The lowest BCUT2D eigenvalue weighted by atomic mass is 9.84. The molecule has 106 valence electrons. The van der Waals surface area contributed by atoms with Crippen LogP contribution in [0.25, 0.3) is 0 Å². The van der Waals surface area contributed by atoms with E-state index >= 15 is 0 Å². The van der Waals surface area contributed by atoms with Crippen molar-refractivity contribution in [2.24, 2.45) is 11.3 Å². The zero-order valence-corrected chi connectivity index (χ0v) is 12.5. The van der Waals surface area contributed by atoms with Crippen LogP contribution >= 0.6 is 0 Å². The SMILES string of the molecule is CCNCC1(CN2CCCC(CC)C2)CCCC1. The molecule has 2 nitrogen and oxygen atoms in total. The fourth-order valence-electron chi connectivity index (χ4n) is 4.01. The molecule has 18 heavy (non-hydrogen) atoms. The Balaban J connectivity index is 1.87. The second kappa shape index (κ2) is 6.91. The Morgan fingerprint density at radius 2 is 1.94 bits per heavy atom. The summed E-state index contributed by atoms with van der Waals surface area (Å²) in [6, 6.07) is 0. The van der Waals surface area contributed by atoms with Crippen molar-refractivity contribution >= 4 is 0 Å². The first kappa shape index (κ1) is 14.3. The predicted molar refractivity (Wildman–Crippen MR) is 78.9 cm³/mol. The van der Waals surface area contributed by atoms with E-state index in [2.05, 4.69) is 24.1 Å². The summed E-state index contributed by atoms with van der Waals surface area (Å²) in [6.45, 7) is 11.0. The van der Waals surface area contributed by atoms with E-state index in [-0.39, 0.29) is 0 Å². The van der Waals surface area contributed by atoms with E-state index in [1.165, 1.54) is 71.1 Å². The summed E-state index contributed by atoms with van der Waals surface area (Å²) in [7, 11) is 0. The van der Waals surface area contributed by atoms with Gasteiger partial charge in [0.25, 0.3) is 0 Å². The summed E-state index contributed by atoms with van der Waals surface area (Å²) < 4.78 is 0. The van der Waals surface area contributed by atoms with Crippen molar-refractivity contribution in [3.8, 4) is 0 Å². The van der Waals surface area contributed by atoms with Crippen LogP contribution < -0.4 is 5.32 Å². The third kappa shape index (κ3) is 3.71.